The molecule has 0 aliphatic carbocycles. The SMILES string of the molecule is CC1CCN(C(=O)COC(=O)CN2C(=O)Cc3ccccc3C2=O)CC1. The van der Waals surface area contributed by atoms with Crippen LogP contribution in [0, 0.1) is 5.92 Å². The fraction of sp³-hybridized carbons (Fsp3) is 0.474. The average Bonchev–Trinajstić information content (AvgIpc) is 2.64. The second kappa shape index (κ2) is 7.68. The number of rotatable bonds is 4. The maximum absolute atomic E-state index is 12.4. The van der Waals surface area contributed by atoms with Gasteiger partial charge in [0.25, 0.3) is 11.8 Å². The molecule has 1 fully saturated rings. The molecule has 1 saturated heterocycles. The van der Waals surface area contributed by atoms with Crippen LogP contribution in [0.1, 0.15) is 35.7 Å². The number of carbonyl (C=O) groups is 4. The Hall–Kier alpha value is -2.70. The second-order valence-electron chi connectivity index (χ2n) is 6.84. The lowest BCUT2D eigenvalue weighted by Gasteiger charge is -2.30. The van der Waals surface area contributed by atoms with Gasteiger partial charge in [-0.25, -0.2) is 0 Å². The zero-order chi connectivity index (χ0) is 18.7. The first kappa shape index (κ1) is 18.1. The number of carbonyl (C=O) groups excluding carboxylic acids is 4. The summed E-state index contributed by atoms with van der Waals surface area (Å²) < 4.78 is 5.00. The van der Waals surface area contributed by atoms with Crippen molar-refractivity contribution in [3.8, 4) is 0 Å². The van der Waals surface area contributed by atoms with Gasteiger partial charge in [-0.1, -0.05) is 25.1 Å². The molecule has 0 N–H and O–H groups in total. The molecule has 0 spiro atoms. The fourth-order valence-electron chi connectivity index (χ4n) is 3.23. The highest BCUT2D eigenvalue weighted by Crippen LogP contribution is 2.19. The van der Waals surface area contributed by atoms with Crippen LogP contribution >= 0.6 is 0 Å². The Balaban J connectivity index is 1.53. The summed E-state index contributed by atoms with van der Waals surface area (Å²) in [6, 6.07) is 6.82. The standard InChI is InChI=1S/C19H22N2O5/c1-13-6-8-20(9-7-13)17(23)12-26-18(24)11-21-16(22)10-14-4-2-3-5-15(14)19(21)25/h2-5,13H,6-12H2,1H3. The van der Waals surface area contributed by atoms with E-state index in [9.17, 15) is 19.2 Å². The van der Waals surface area contributed by atoms with Gasteiger partial charge in [0.15, 0.2) is 6.61 Å². The van der Waals surface area contributed by atoms with E-state index in [-0.39, 0.29) is 18.9 Å². The molecule has 7 heteroatoms. The highest BCUT2D eigenvalue weighted by Gasteiger charge is 2.32. The number of likely N-dealkylation sites (tertiary alicyclic amines) is 1. The smallest absolute Gasteiger partial charge is 0.326 e. The zero-order valence-electron chi connectivity index (χ0n) is 14.8. The number of nitrogens with zero attached hydrogens (tertiary/aromatic N) is 2. The van der Waals surface area contributed by atoms with Crippen LogP contribution in [0.2, 0.25) is 0 Å². The molecule has 0 atom stereocenters. The predicted molar refractivity (Wildman–Crippen MR) is 92.1 cm³/mol. The number of benzene rings is 1. The molecule has 2 aliphatic rings. The number of piperidine rings is 1. The molecule has 2 heterocycles. The molecule has 1 aromatic rings. The summed E-state index contributed by atoms with van der Waals surface area (Å²) in [6.07, 6.45) is 1.95. The Bertz CT molecular complexity index is 737. The summed E-state index contributed by atoms with van der Waals surface area (Å²) in [5.74, 6) is -1.36. The van der Waals surface area contributed by atoms with Gasteiger partial charge in [0.2, 0.25) is 5.91 Å². The first-order valence-corrected chi connectivity index (χ1v) is 8.81. The molecule has 2 aliphatic heterocycles. The Morgan fingerprint density at radius 1 is 1.15 bits per heavy atom. The zero-order valence-corrected chi connectivity index (χ0v) is 14.8. The summed E-state index contributed by atoms with van der Waals surface area (Å²) in [7, 11) is 0. The summed E-state index contributed by atoms with van der Waals surface area (Å²) in [4.78, 5) is 51.2. The highest BCUT2D eigenvalue weighted by atomic mass is 16.5. The van der Waals surface area contributed by atoms with Crippen molar-refractivity contribution in [1.29, 1.82) is 0 Å². The predicted octanol–water partition coefficient (Wildman–Crippen LogP) is 1.01. The van der Waals surface area contributed by atoms with Gasteiger partial charge in [-0.3, -0.25) is 24.1 Å². The van der Waals surface area contributed by atoms with Gasteiger partial charge in [-0.05, 0) is 30.4 Å². The van der Waals surface area contributed by atoms with Crippen molar-refractivity contribution >= 4 is 23.7 Å². The molecule has 0 aromatic heterocycles. The van der Waals surface area contributed by atoms with Crippen LogP contribution in [-0.2, 0) is 25.5 Å². The molecule has 138 valence electrons. The van der Waals surface area contributed by atoms with Crippen molar-refractivity contribution in [3.05, 3.63) is 35.4 Å². The van der Waals surface area contributed by atoms with Crippen molar-refractivity contribution in [2.75, 3.05) is 26.2 Å². The van der Waals surface area contributed by atoms with E-state index in [4.69, 9.17) is 4.74 Å². The molecular weight excluding hydrogens is 336 g/mol. The van der Waals surface area contributed by atoms with Crippen LogP contribution in [0.5, 0.6) is 0 Å². The number of imide groups is 1. The van der Waals surface area contributed by atoms with Crippen LogP contribution in [0.25, 0.3) is 0 Å². The molecule has 7 nitrogen and oxygen atoms in total. The molecule has 0 bridgehead atoms. The third-order valence-electron chi connectivity index (χ3n) is 4.92. The first-order valence-electron chi connectivity index (χ1n) is 8.81. The minimum Gasteiger partial charge on any atom is -0.454 e. The monoisotopic (exact) mass is 358 g/mol. The van der Waals surface area contributed by atoms with E-state index in [0.29, 0.717) is 30.1 Å². The van der Waals surface area contributed by atoms with Gasteiger partial charge in [-0.15, -0.1) is 0 Å². The van der Waals surface area contributed by atoms with E-state index in [1.54, 1.807) is 29.2 Å². The number of ether oxygens (including phenoxy) is 1. The topological polar surface area (TPSA) is 84.0 Å². The molecule has 0 saturated carbocycles. The largest absolute Gasteiger partial charge is 0.454 e. The molecule has 1 aromatic carbocycles. The number of fused-ring (bicyclic) bond motifs is 1. The van der Waals surface area contributed by atoms with E-state index in [0.717, 1.165) is 17.7 Å². The molecule has 0 unspecified atom stereocenters. The van der Waals surface area contributed by atoms with Gasteiger partial charge in [0, 0.05) is 18.7 Å². The van der Waals surface area contributed by atoms with Gasteiger partial charge < -0.3 is 9.64 Å². The second-order valence-corrected chi connectivity index (χ2v) is 6.84. The van der Waals surface area contributed by atoms with Crippen molar-refractivity contribution in [1.82, 2.24) is 9.80 Å². The van der Waals surface area contributed by atoms with E-state index in [2.05, 4.69) is 6.92 Å². The van der Waals surface area contributed by atoms with Crippen molar-refractivity contribution in [2.24, 2.45) is 5.92 Å². The minimum atomic E-state index is -0.759. The summed E-state index contributed by atoms with van der Waals surface area (Å²) in [5, 5.41) is 0. The van der Waals surface area contributed by atoms with Crippen molar-refractivity contribution in [3.63, 3.8) is 0 Å². The van der Waals surface area contributed by atoms with Crippen LogP contribution in [0.15, 0.2) is 24.3 Å². The molecule has 26 heavy (non-hydrogen) atoms. The van der Waals surface area contributed by atoms with Crippen molar-refractivity contribution < 1.29 is 23.9 Å². The van der Waals surface area contributed by atoms with Crippen molar-refractivity contribution in [2.45, 2.75) is 26.2 Å². The maximum Gasteiger partial charge on any atom is 0.326 e. The van der Waals surface area contributed by atoms with Crippen LogP contribution in [0.3, 0.4) is 0 Å². The van der Waals surface area contributed by atoms with Gasteiger partial charge in [0.1, 0.15) is 6.54 Å². The molecular formula is C19H22N2O5. The van der Waals surface area contributed by atoms with Crippen LogP contribution in [0.4, 0.5) is 0 Å². The third-order valence-corrected chi connectivity index (χ3v) is 4.92. The van der Waals surface area contributed by atoms with Crippen LogP contribution in [-0.4, -0.2) is 59.7 Å². The Labute approximate surface area is 151 Å². The van der Waals surface area contributed by atoms with Gasteiger partial charge >= 0.3 is 5.97 Å². The van der Waals surface area contributed by atoms with E-state index < -0.39 is 24.3 Å². The first-order chi connectivity index (χ1) is 12.5. The fourth-order valence-corrected chi connectivity index (χ4v) is 3.23. The molecule has 3 amide bonds. The highest BCUT2D eigenvalue weighted by molar-refractivity contribution is 6.11. The van der Waals surface area contributed by atoms with Gasteiger partial charge in [0.05, 0.1) is 6.42 Å². The van der Waals surface area contributed by atoms with E-state index >= 15 is 0 Å². The third kappa shape index (κ3) is 3.92. The average molecular weight is 358 g/mol. The summed E-state index contributed by atoms with van der Waals surface area (Å²) in [6.45, 7) is 2.64. The Kier molecular flexibility index (Phi) is 5.35. The Morgan fingerprint density at radius 3 is 2.58 bits per heavy atom. The minimum absolute atomic E-state index is 0.0695. The number of esters is 1. The lowest BCUT2D eigenvalue weighted by Crippen LogP contribution is -2.46. The Morgan fingerprint density at radius 2 is 1.85 bits per heavy atom. The van der Waals surface area contributed by atoms with Gasteiger partial charge in [-0.2, -0.15) is 0 Å². The van der Waals surface area contributed by atoms with Crippen LogP contribution < -0.4 is 0 Å². The maximum atomic E-state index is 12.4. The number of amides is 3. The number of hydrogen-bond donors (Lipinski definition) is 0. The summed E-state index contributed by atoms with van der Waals surface area (Å²) >= 11 is 0. The summed E-state index contributed by atoms with van der Waals surface area (Å²) in [5.41, 5.74) is 1.07. The number of hydrogen-bond acceptors (Lipinski definition) is 5. The van der Waals surface area contributed by atoms with E-state index in [1.165, 1.54) is 0 Å². The quantitative estimate of drug-likeness (QED) is 0.593. The van der Waals surface area contributed by atoms with E-state index in [1.807, 2.05) is 0 Å². The molecule has 0 radical (unpaired) electrons. The lowest BCUT2D eigenvalue weighted by atomic mass is 9.98. The lowest BCUT2D eigenvalue weighted by molar-refractivity contribution is -0.154. The molecule has 3 rings (SSSR count). The normalized spacial score (nSPS) is 17.9.